The van der Waals surface area contributed by atoms with Crippen molar-refractivity contribution in [2.75, 3.05) is 13.7 Å². The monoisotopic (exact) mass is 650 g/mol. The Hall–Kier alpha value is -5.75. The molecule has 0 spiro atoms. The van der Waals surface area contributed by atoms with Gasteiger partial charge in [0.2, 0.25) is 17.7 Å². The van der Waals surface area contributed by atoms with Crippen LogP contribution in [-0.4, -0.2) is 101 Å². The average Bonchev–Trinajstić information content (AvgIpc) is 2.98. The molecule has 46 heavy (non-hydrogen) atoms. The lowest BCUT2D eigenvalue weighted by Crippen LogP contribution is -2.58. The molecule has 0 heterocycles. The fourth-order valence-corrected chi connectivity index (χ4v) is 3.77. The second-order valence-corrected chi connectivity index (χ2v) is 9.59. The van der Waals surface area contributed by atoms with Crippen molar-refractivity contribution in [1.82, 2.24) is 21.3 Å². The van der Waals surface area contributed by atoms with Crippen molar-refractivity contribution in [3.63, 3.8) is 0 Å². The molecule has 20 nitrogen and oxygen atoms in total. The number of esters is 1. The molecule has 0 aromatic heterocycles. The van der Waals surface area contributed by atoms with Gasteiger partial charge in [-0.2, -0.15) is 0 Å². The quantitative estimate of drug-likeness (QED) is 0.0274. The first-order valence-electron chi connectivity index (χ1n) is 13.5. The summed E-state index contributed by atoms with van der Waals surface area (Å²) in [4.78, 5) is 98.7. The van der Waals surface area contributed by atoms with Crippen LogP contribution in [0.2, 0.25) is 0 Å². The summed E-state index contributed by atoms with van der Waals surface area (Å²) in [6.07, 6.45) is -2.31. The van der Waals surface area contributed by atoms with Crippen molar-refractivity contribution >= 4 is 53.2 Å². The van der Waals surface area contributed by atoms with E-state index in [1.54, 1.807) is 0 Å². The summed E-state index contributed by atoms with van der Waals surface area (Å²) < 4.78 is 4.69. The Kier molecular flexibility index (Phi) is 16.2. The lowest BCUT2D eigenvalue weighted by Gasteiger charge is -2.24. The first kappa shape index (κ1) is 38.3. The molecule has 4 unspecified atom stereocenters. The number of amides is 4. The molecule has 1 rings (SSSR count). The number of nitrogens with one attached hydrogen (secondary N) is 4. The number of nitrogens with zero attached hydrogens (tertiary/aromatic N) is 3. The molecule has 0 bridgehead atoms. The zero-order valence-electron chi connectivity index (χ0n) is 24.5. The van der Waals surface area contributed by atoms with E-state index in [0.717, 1.165) is 7.11 Å². The second kappa shape index (κ2) is 19.5. The number of carbonyl (C=O) groups is 8. The fraction of sp³-hybridized carbons (Fsp3) is 0.462. The molecule has 4 amide bonds. The number of methoxy groups -OCH3 is 1. The summed E-state index contributed by atoms with van der Waals surface area (Å²) in [5.41, 5.74) is 14.5. The fourth-order valence-electron chi connectivity index (χ4n) is 3.77. The number of azide groups is 1. The summed E-state index contributed by atoms with van der Waals surface area (Å²) in [6.45, 7) is 0.170. The summed E-state index contributed by atoms with van der Waals surface area (Å²) in [5.74, 6) is -9.52. The van der Waals surface area contributed by atoms with Crippen LogP contribution < -0.4 is 27.0 Å². The van der Waals surface area contributed by atoms with Gasteiger partial charge in [-0.25, -0.2) is 4.79 Å². The molecule has 250 valence electrons. The van der Waals surface area contributed by atoms with E-state index in [2.05, 4.69) is 25.4 Å². The maximum Gasteiger partial charge on any atom is 0.328 e. The van der Waals surface area contributed by atoms with Gasteiger partial charge in [-0.15, -0.1) is 0 Å². The van der Waals surface area contributed by atoms with Gasteiger partial charge < -0.3 is 47.1 Å². The van der Waals surface area contributed by atoms with Crippen molar-refractivity contribution in [3.05, 3.63) is 40.3 Å². The van der Waals surface area contributed by atoms with Crippen LogP contribution in [0.4, 0.5) is 5.69 Å². The minimum atomic E-state index is -1.87. The number of unbranched alkanes of at least 4 members (excludes halogenated alkanes) is 1. The molecular weight excluding hydrogens is 616 g/mol. The number of benzene rings is 1. The standard InChI is InChI=1S/C26H34N8O12/c1-46-26(45)16(4-2-3-9-29-22(41)13-5-7-14(8-6-13)33-34-28)30-24(43)18(12-21(39)40)32-25(44)17(11-20(37)38)31-23(42)15(27)10-19(35)36/h5-8,15-18H,2-4,9-12,27H2,1H3,(H,29,41)(H,30,43)(H,31,42)(H,32,44)(H,35,36)(H,37,38)(H,39,40). The molecule has 20 heteroatoms. The molecule has 1 aromatic rings. The maximum atomic E-state index is 13.0. The maximum absolute atomic E-state index is 13.0. The molecule has 0 aliphatic carbocycles. The summed E-state index contributed by atoms with van der Waals surface area (Å²) in [6, 6.07) is -0.838. The molecule has 4 atom stereocenters. The van der Waals surface area contributed by atoms with Crippen molar-refractivity contribution in [2.24, 2.45) is 10.8 Å². The van der Waals surface area contributed by atoms with Crippen LogP contribution in [0.3, 0.4) is 0 Å². The van der Waals surface area contributed by atoms with E-state index >= 15 is 0 Å². The third-order valence-electron chi connectivity index (χ3n) is 6.05. The Bertz CT molecular complexity index is 1350. The van der Waals surface area contributed by atoms with Gasteiger partial charge >= 0.3 is 23.9 Å². The van der Waals surface area contributed by atoms with Crippen LogP contribution in [0.5, 0.6) is 0 Å². The van der Waals surface area contributed by atoms with Gasteiger partial charge in [0.1, 0.15) is 18.1 Å². The Morgan fingerprint density at radius 1 is 0.804 bits per heavy atom. The third kappa shape index (κ3) is 14.1. The van der Waals surface area contributed by atoms with Gasteiger partial charge in [-0.3, -0.25) is 33.6 Å². The Labute approximate surface area is 260 Å². The highest BCUT2D eigenvalue weighted by atomic mass is 16.5. The van der Waals surface area contributed by atoms with Gasteiger partial charge in [-0.1, -0.05) is 17.2 Å². The zero-order chi connectivity index (χ0) is 34.8. The Morgan fingerprint density at radius 2 is 1.30 bits per heavy atom. The second-order valence-electron chi connectivity index (χ2n) is 9.59. The van der Waals surface area contributed by atoms with Crippen molar-refractivity contribution in [2.45, 2.75) is 62.7 Å². The summed E-state index contributed by atoms with van der Waals surface area (Å²) in [5, 5.41) is 39.5. The highest BCUT2D eigenvalue weighted by Crippen LogP contribution is 2.13. The van der Waals surface area contributed by atoms with Crippen molar-refractivity contribution in [1.29, 1.82) is 0 Å². The number of nitrogens with two attached hydrogens (primary N) is 1. The third-order valence-corrected chi connectivity index (χ3v) is 6.05. The van der Waals surface area contributed by atoms with E-state index in [-0.39, 0.29) is 19.4 Å². The number of rotatable bonds is 20. The van der Waals surface area contributed by atoms with E-state index in [1.807, 2.05) is 10.6 Å². The number of carboxylic acid groups (broad SMARTS) is 3. The van der Waals surface area contributed by atoms with Crippen LogP contribution in [0.1, 0.15) is 48.9 Å². The first-order valence-corrected chi connectivity index (χ1v) is 13.5. The van der Waals surface area contributed by atoms with E-state index in [4.69, 9.17) is 21.5 Å². The number of carboxylic acids is 3. The number of carbonyl (C=O) groups excluding carboxylic acids is 5. The lowest BCUT2D eigenvalue weighted by atomic mass is 10.1. The van der Waals surface area contributed by atoms with Gasteiger partial charge in [-0.05, 0) is 36.9 Å². The average molecular weight is 651 g/mol. The molecule has 0 aliphatic heterocycles. The van der Waals surface area contributed by atoms with Gasteiger partial charge in [0.05, 0.1) is 32.4 Å². The summed E-state index contributed by atoms with van der Waals surface area (Å²) in [7, 11) is 1.04. The van der Waals surface area contributed by atoms with Crippen LogP contribution in [-0.2, 0) is 38.3 Å². The van der Waals surface area contributed by atoms with Crippen molar-refractivity contribution in [3.8, 4) is 0 Å². The molecular formula is C26H34N8O12. The van der Waals surface area contributed by atoms with Crippen LogP contribution in [0, 0.1) is 0 Å². The minimum absolute atomic E-state index is 0.0257. The summed E-state index contributed by atoms with van der Waals surface area (Å²) >= 11 is 0. The van der Waals surface area contributed by atoms with E-state index in [9.17, 15) is 43.5 Å². The van der Waals surface area contributed by atoms with Gasteiger partial charge in [0, 0.05) is 22.7 Å². The Morgan fingerprint density at radius 3 is 1.78 bits per heavy atom. The lowest BCUT2D eigenvalue weighted by molar-refractivity contribution is -0.146. The number of hydrogen-bond acceptors (Lipinski definition) is 11. The van der Waals surface area contributed by atoms with E-state index in [0.29, 0.717) is 17.7 Å². The number of aliphatic carboxylic acids is 3. The molecule has 0 fully saturated rings. The van der Waals surface area contributed by atoms with E-state index in [1.165, 1.54) is 24.3 Å². The van der Waals surface area contributed by atoms with Crippen LogP contribution in [0.25, 0.3) is 10.4 Å². The normalized spacial score (nSPS) is 12.9. The topological polar surface area (TPSA) is 329 Å². The predicted octanol–water partition coefficient (Wildman–Crippen LogP) is -1.09. The highest BCUT2D eigenvalue weighted by Gasteiger charge is 2.33. The number of hydrogen-bond donors (Lipinski definition) is 8. The predicted molar refractivity (Wildman–Crippen MR) is 154 cm³/mol. The minimum Gasteiger partial charge on any atom is -0.481 e. The van der Waals surface area contributed by atoms with Crippen LogP contribution in [0.15, 0.2) is 29.4 Å². The number of ether oxygens (including phenoxy) is 1. The molecule has 1 aromatic carbocycles. The molecule has 0 saturated carbocycles. The zero-order valence-corrected chi connectivity index (χ0v) is 24.5. The molecule has 0 radical (unpaired) electrons. The van der Waals surface area contributed by atoms with Gasteiger partial charge in [0.15, 0.2) is 0 Å². The highest BCUT2D eigenvalue weighted by molar-refractivity contribution is 5.97. The Balaban J connectivity index is 2.86. The molecule has 0 aliphatic rings. The van der Waals surface area contributed by atoms with Crippen LogP contribution >= 0.6 is 0 Å². The molecule has 0 saturated heterocycles. The smallest absolute Gasteiger partial charge is 0.328 e. The van der Waals surface area contributed by atoms with E-state index < -0.39 is 90.9 Å². The SMILES string of the molecule is COC(=O)C(CCCCNC(=O)c1ccc(N=[N+]=[N-])cc1)NC(=O)C(CC(=O)O)NC(=O)C(CC(=O)O)NC(=O)C(N)CC(=O)O. The molecule has 9 N–H and O–H groups in total. The van der Waals surface area contributed by atoms with Crippen molar-refractivity contribution < 1.29 is 58.4 Å². The van der Waals surface area contributed by atoms with Gasteiger partial charge in [0.25, 0.3) is 5.91 Å². The first-order chi connectivity index (χ1) is 21.7. The largest absolute Gasteiger partial charge is 0.481 e.